The van der Waals surface area contributed by atoms with Crippen LogP contribution in [0.4, 0.5) is 0 Å². The molecular weight excluding hydrogens is 344 g/mol. The molecule has 0 heterocycles. The van der Waals surface area contributed by atoms with E-state index in [0.29, 0.717) is 35.7 Å². The number of hydrogen-bond donors (Lipinski definition) is 2. The molecule has 0 aliphatic heterocycles. The third-order valence-corrected chi connectivity index (χ3v) is 8.12. The van der Waals surface area contributed by atoms with Gasteiger partial charge in [0.1, 0.15) is 0 Å². The van der Waals surface area contributed by atoms with Crippen LogP contribution in [0.5, 0.6) is 0 Å². The Labute approximate surface area is 160 Å². The minimum Gasteiger partial charge on any atom is -0.479 e. The van der Waals surface area contributed by atoms with E-state index in [4.69, 9.17) is 9.53 Å². The average molecular weight is 385 g/mol. The number of carbonyl (C=O) groups is 1. The van der Waals surface area contributed by atoms with E-state index in [2.05, 4.69) is 33.5 Å². The number of rotatable bonds is 8. The van der Waals surface area contributed by atoms with Crippen LogP contribution in [0.1, 0.15) is 72.1 Å². The molecule has 2 fully saturated rings. The molecule has 0 aromatic rings. The highest BCUT2D eigenvalue weighted by molar-refractivity contribution is 6.69. The Kier molecular flexibility index (Phi) is 6.67. The van der Waals surface area contributed by atoms with Crippen molar-refractivity contribution in [3.63, 3.8) is 0 Å². The zero-order chi connectivity index (χ0) is 19.8. The Morgan fingerprint density at radius 1 is 1.31 bits per heavy atom. The summed E-state index contributed by atoms with van der Waals surface area (Å²) in [6.45, 7) is 13.1. The minimum atomic E-state index is -1.59. The maximum absolute atomic E-state index is 11.1. The van der Waals surface area contributed by atoms with Crippen molar-refractivity contribution in [2.24, 2.45) is 23.2 Å². The average Bonchev–Trinajstić information content (AvgIpc) is 2.83. The molecule has 5 heteroatoms. The van der Waals surface area contributed by atoms with Crippen molar-refractivity contribution in [1.82, 2.24) is 0 Å². The predicted octanol–water partition coefficient (Wildman–Crippen LogP) is 5.06. The maximum Gasteiger partial charge on any atom is 0.335 e. The fraction of sp³-hybridized carbons (Fsp3) is 0.952. The van der Waals surface area contributed by atoms with Crippen LogP contribution in [-0.2, 0) is 9.22 Å². The Hall–Kier alpha value is -0.393. The number of aliphatic hydroxyl groups is 1. The van der Waals surface area contributed by atoms with Gasteiger partial charge in [0.05, 0.1) is 0 Å². The summed E-state index contributed by atoms with van der Waals surface area (Å²) in [5.74, 6) is 0.824. The van der Waals surface area contributed by atoms with E-state index < -0.39 is 19.9 Å². The molecule has 0 saturated heterocycles. The van der Waals surface area contributed by atoms with Gasteiger partial charge in [0, 0.05) is 6.10 Å². The third-order valence-electron chi connectivity index (χ3n) is 7.11. The van der Waals surface area contributed by atoms with Crippen LogP contribution < -0.4 is 0 Å². The van der Waals surface area contributed by atoms with Crippen molar-refractivity contribution in [3.05, 3.63) is 0 Å². The normalized spacial score (nSPS) is 35.6. The lowest BCUT2D eigenvalue weighted by Crippen LogP contribution is -2.46. The second-order valence-corrected chi connectivity index (χ2v) is 14.9. The minimum absolute atomic E-state index is 0.334. The highest BCUT2D eigenvalue weighted by Gasteiger charge is 2.53. The van der Waals surface area contributed by atoms with E-state index >= 15 is 0 Å². The van der Waals surface area contributed by atoms with E-state index in [1.54, 1.807) is 0 Å². The van der Waals surface area contributed by atoms with E-state index in [-0.39, 0.29) is 0 Å². The molecule has 0 aromatic carbocycles. The fourth-order valence-corrected chi connectivity index (χ4v) is 6.96. The summed E-state index contributed by atoms with van der Waals surface area (Å²) in [4.78, 5) is 11.1. The Balaban J connectivity index is 1.97. The lowest BCUT2D eigenvalue weighted by molar-refractivity contribution is -0.157. The van der Waals surface area contributed by atoms with E-state index in [9.17, 15) is 9.90 Å². The van der Waals surface area contributed by atoms with Crippen molar-refractivity contribution in [3.8, 4) is 0 Å². The summed E-state index contributed by atoms with van der Waals surface area (Å²) in [5.41, 5.74) is -1.24. The van der Waals surface area contributed by atoms with Gasteiger partial charge in [-0.2, -0.15) is 0 Å². The summed E-state index contributed by atoms with van der Waals surface area (Å²) < 4.78 is 6.58. The molecule has 0 amide bonds. The van der Waals surface area contributed by atoms with Crippen molar-refractivity contribution in [1.29, 1.82) is 0 Å². The summed E-state index contributed by atoms with van der Waals surface area (Å²) in [5, 5.41) is 19.0. The first-order chi connectivity index (χ1) is 11.9. The monoisotopic (exact) mass is 384 g/mol. The highest BCUT2D eigenvalue weighted by atomic mass is 28.4. The van der Waals surface area contributed by atoms with Gasteiger partial charge in [-0.15, -0.1) is 0 Å². The van der Waals surface area contributed by atoms with E-state index in [1.807, 2.05) is 0 Å². The summed E-state index contributed by atoms with van der Waals surface area (Å²) >= 11 is 0. The Bertz CT molecular complexity index is 499. The van der Waals surface area contributed by atoms with Crippen LogP contribution in [0.15, 0.2) is 0 Å². The molecule has 6 atom stereocenters. The van der Waals surface area contributed by atoms with E-state index in [1.165, 1.54) is 39.0 Å². The number of hydrogen-bond acceptors (Lipinski definition) is 3. The fourth-order valence-electron chi connectivity index (χ4n) is 5.77. The van der Waals surface area contributed by atoms with Gasteiger partial charge in [0.2, 0.25) is 0 Å². The van der Waals surface area contributed by atoms with Crippen molar-refractivity contribution in [2.75, 3.05) is 0 Å². The molecule has 152 valence electrons. The second-order valence-electron chi connectivity index (χ2n) is 10.4. The second kappa shape index (κ2) is 7.92. The van der Waals surface area contributed by atoms with Gasteiger partial charge in [-0.05, 0) is 88.3 Å². The molecule has 2 rings (SSSR count). The maximum atomic E-state index is 11.1. The first kappa shape index (κ1) is 21.9. The first-order valence-electron chi connectivity index (χ1n) is 10.5. The SMILES string of the molecule is C[C@H](CCC[C@](C)(O)C(=O)O)[C@H]1CCC2C(O[Si](C)(C)C)CCC[C@]21C. The molecule has 0 spiro atoms. The van der Waals surface area contributed by atoms with Crippen LogP contribution in [0.3, 0.4) is 0 Å². The van der Waals surface area contributed by atoms with Crippen LogP contribution in [-0.4, -0.2) is 36.2 Å². The topological polar surface area (TPSA) is 66.8 Å². The summed E-state index contributed by atoms with van der Waals surface area (Å²) in [6, 6.07) is 0. The van der Waals surface area contributed by atoms with Gasteiger partial charge in [-0.25, -0.2) is 4.79 Å². The molecule has 2 unspecified atom stereocenters. The highest BCUT2D eigenvalue weighted by Crippen LogP contribution is 2.59. The van der Waals surface area contributed by atoms with Crippen molar-refractivity contribution < 1.29 is 19.4 Å². The molecule has 0 radical (unpaired) electrons. The van der Waals surface area contributed by atoms with Crippen molar-refractivity contribution >= 4 is 14.3 Å². The van der Waals surface area contributed by atoms with E-state index in [0.717, 1.165) is 12.8 Å². The zero-order valence-electron chi connectivity index (χ0n) is 17.7. The quantitative estimate of drug-likeness (QED) is 0.574. The van der Waals surface area contributed by atoms with Gasteiger partial charge in [0.15, 0.2) is 13.9 Å². The van der Waals surface area contributed by atoms with Crippen LogP contribution >= 0.6 is 0 Å². The largest absolute Gasteiger partial charge is 0.479 e. The third kappa shape index (κ3) is 4.90. The number of fused-ring (bicyclic) bond motifs is 1. The lowest BCUT2D eigenvalue weighted by atomic mass is 9.61. The van der Waals surface area contributed by atoms with Gasteiger partial charge < -0.3 is 14.6 Å². The van der Waals surface area contributed by atoms with Gasteiger partial charge in [-0.3, -0.25) is 0 Å². The predicted molar refractivity (Wildman–Crippen MR) is 108 cm³/mol. The number of aliphatic carboxylic acids is 1. The smallest absolute Gasteiger partial charge is 0.335 e. The van der Waals surface area contributed by atoms with Gasteiger partial charge >= 0.3 is 5.97 Å². The first-order valence-corrected chi connectivity index (χ1v) is 13.9. The van der Waals surface area contributed by atoms with Crippen molar-refractivity contribution in [2.45, 2.75) is 103 Å². The number of carboxylic acid groups (broad SMARTS) is 1. The lowest BCUT2D eigenvalue weighted by Gasteiger charge is -2.48. The molecule has 2 aliphatic rings. The van der Waals surface area contributed by atoms with Crippen LogP contribution in [0, 0.1) is 23.2 Å². The Morgan fingerprint density at radius 3 is 2.54 bits per heavy atom. The molecule has 2 N–H and O–H groups in total. The summed E-state index contributed by atoms with van der Waals surface area (Å²) in [7, 11) is -1.52. The molecule has 2 aliphatic carbocycles. The van der Waals surface area contributed by atoms with Gasteiger partial charge in [0.25, 0.3) is 0 Å². The molecular formula is C21H40O4Si. The molecule has 2 saturated carbocycles. The molecule has 0 bridgehead atoms. The zero-order valence-corrected chi connectivity index (χ0v) is 18.7. The molecule has 26 heavy (non-hydrogen) atoms. The van der Waals surface area contributed by atoms with Crippen LogP contribution in [0.25, 0.3) is 0 Å². The Morgan fingerprint density at radius 2 is 1.96 bits per heavy atom. The summed E-state index contributed by atoms with van der Waals surface area (Å²) in [6.07, 6.45) is 8.85. The van der Waals surface area contributed by atoms with Crippen LogP contribution in [0.2, 0.25) is 19.6 Å². The standard InChI is InChI=1S/C21H40O4Si/c1-15(9-7-14-21(3,24)19(22)23)16-11-12-17-18(25-26(4,5)6)10-8-13-20(16,17)2/h15-18,24H,7-14H2,1-6H3,(H,22,23)/t15-,16-,17?,18?,20+,21+/m1/s1. The number of carboxylic acids is 1. The molecule has 4 nitrogen and oxygen atoms in total. The molecule has 0 aromatic heterocycles. The van der Waals surface area contributed by atoms with Gasteiger partial charge in [-0.1, -0.05) is 26.7 Å².